The van der Waals surface area contributed by atoms with Crippen LogP contribution >= 0.6 is 0 Å². The second-order valence-electron chi connectivity index (χ2n) is 23.7. The van der Waals surface area contributed by atoms with Crippen molar-refractivity contribution in [1.29, 1.82) is 0 Å². The monoisotopic (exact) mass is 1060 g/mol. The Kier molecular flexibility index (Phi) is 17.1. The summed E-state index contributed by atoms with van der Waals surface area (Å²) in [6.07, 6.45) is -18.5. The molecule has 74 heavy (non-hydrogen) atoms. The first-order chi connectivity index (χ1) is 35.0. The highest BCUT2D eigenvalue weighted by Crippen LogP contribution is 2.70. The molecule has 9 aliphatic rings. The molecular formula is C52H84O22. The molecule has 0 spiro atoms. The number of hydrogen-bond donors (Lipinski definition) is 12. The molecule has 0 aromatic rings. The number of aliphatic hydroxyl groups is 12. The Morgan fingerprint density at radius 1 is 0.662 bits per heavy atom. The topological polar surface area (TPSA) is 335 Å². The molecular weight excluding hydrogens is 977 g/mol. The molecule has 9 rings (SSSR count). The lowest BCUT2D eigenvalue weighted by Crippen LogP contribution is -2.66. The maximum absolute atomic E-state index is 12.1. The molecule has 0 aromatic heterocycles. The molecule has 22 nitrogen and oxygen atoms in total. The summed E-state index contributed by atoms with van der Waals surface area (Å²) in [6, 6.07) is 0. The molecule has 5 aliphatic heterocycles. The van der Waals surface area contributed by atoms with Crippen LogP contribution in [0.4, 0.5) is 0 Å². The zero-order chi connectivity index (χ0) is 53.5. The minimum Gasteiger partial charge on any atom is -0.492 e. The third kappa shape index (κ3) is 9.98. The lowest BCUT2D eigenvalue weighted by molar-refractivity contribution is -0.388. The average molecular weight is 1060 g/mol. The Labute approximate surface area is 432 Å². The fraction of sp³-hybridized carbons (Fsp3) is 0.923. The number of ether oxygens (including phenoxy) is 10. The van der Waals surface area contributed by atoms with E-state index in [0.717, 1.165) is 37.9 Å². The van der Waals surface area contributed by atoms with E-state index in [-0.39, 0.29) is 35.4 Å². The van der Waals surface area contributed by atoms with Crippen LogP contribution in [0.3, 0.4) is 0 Å². The third-order valence-electron chi connectivity index (χ3n) is 19.3. The van der Waals surface area contributed by atoms with Crippen LogP contribution in [0.25, 0.3) is 0 Å². The molecule has 3 saturated carbocycles. The van der Waals surface area contributed by atoms with Crippen LogP contribution in [-0.2, 0) is 47.4 Å². The zero-order valence-corrected chi connectivity index (χ0v) is 43.5. The van der Waals surface area contributed by atoms with Crippen molar-refractivity contribution in [3.8, 4) is 0 Å². The van der Waals surface area contributed by atoms with Gasteiger partial charge in [0, 0.05) is 13.0 Å². The zero-order valence-electron chi connectivity index (χ0n) is 43.5. The minimum absolute atomic E-state index is 0.0422. The predicted molar refractivity (Wildman–Crippen MR) is 254 cm³/mol. The first kappa shape index (κ1) is 57.1. The van der Waals surface area contributed by atoms with Crippen molar-refractivity contribution in [2.24, 2.45) is 40.4 Å². The quantitative estimate of drug-likeness (QED) is 0.0890. The van der Waals surface area contributed by atoms with Crippen LogP contribution in [0.1, 0.15) is 92.9 Å². The lowest BCUT2D eigenvalue weighted by Gasteiger charge is -2.59. The number of methoxy groups -OCH3 is 1. The number of rotatable bonds is 14. The maximum Gasteiger partial charge on any atom is 0.187 e. The summed E-state index contributed by atoms with van der Waals surface area (Å²) in [5.41, 5.74) is 0.382. The summed E-state index contributed by atoms with van der Waals surface area (Å²) in [7, 11) is 1.74. The largest absolute Gasteiger partial charge is 0.492 e. The SMILES string of the molecule is CO[C@]1(C)/C(=C/C[C@H](C)CO[C@@H]2O[C@H](CO)[C@@H](O)[C@H](O)[C@H]2O)O[C@H]2C[C@H]3[C@@H]4CC=C5C[C@@H](O[C@@H]6O[C@H](CO)[C@@H](O[C@@H]7O[C@@H](C)[C@H](O)[C@@H](O)[C@H]7O)[C@H](O)[C@H]6O[C@@H]6O[C@@H](C)[C@H](O)[C@@H](O)[C@H]6O)CC[C@]5(C)[C@H]4CC[C@]3(C)[C@H]21. The van der Waals surface area contributed by atoms with Crippen molar-refractivity contribution in [3.05, 3.63) is 23.5 Å². The second kappa shape index (κ2) is 22.2. The van der Waals surface area contributed by atoms with Crippen LogP contribution < -0.4 is 0 Å². The molecule has 5 saturated heterocycles. The molecule has 22 heteroatoms. The van der Waals surface area contributed by atoms with Gasteiger partial charge in [0.05, 0.1) is 38.1 Å². The molecule has 0 aromatic carbocycles. The van der Waals surface area contributed by atoms with Crippen molar-refractivity contribution in [1.82, 2.24) is 0 Å². The van der Waals surface area contributed by atoms with Crippen LogP contribution in [0, 0.1) is 40.4 Å². The van der Waals surface area contributed by atoms with Gasteiger partial charge in [0.25, 0.3) is 0 Å². The van der Waals surface area contributed by atoms with Crippen molar-refractivity contribution < 1.29 is 109 Å². The molecule has 4 aliphatic carbocycles. The van der Waals surface area contributed by atoms with Crippen molar-refractivity contribution in [2.75, 3.05) is 26.9 Å². The molecule has 12 N–H and O–H groups in total. The van der Waals surface area contributed by atoms with Gasteiger partial charge in [-0.1, -0.05) is 32.4 Å². The lowest BCUT2D eigenvalue weighted by atomic mass is 9.46. The van der Waals surface area contributed by atoms with E-state index in [0.29, 0.717) is 37.0 Å². The Balaban J connectivity index is 0.869. The van der Waals surface area contributed by atoms with E-state index in [4.69, 9.17) is 47.4 Å². The third-order valence-corrected chi connectivity index (χ3v) is 19.3. The number of hydrogen-bond acceptors (Lipinski definition) is 22. The maximum atomic E-state index is 12.1. The van der Waals surface area contributed by atoms with Gasteiger partial charge in [0.15, 0.2) is 25.2 Å². The predicted octanol–water partition coefficient (Wildman–Crippen LogP) is -1.41. The van der Waals surface area contributed by atoms with Gasteiger partial charge in [-0.3, -0.25) is 0 Å². The van der Waals surface area contributed by atoms with E-state index < -0.39 is 148 Å². The van der Waals surface area contributed by atoms with E-state index in [9.17, 15) is 61.3 Å². The van der Waals surface area contributed by atoms with Crippen LogP contribution in [0.2, 0.25) is 0 Å². The van der Waals surface area contributed by atoms with Gasteiger partial charge >= 0.3 is 0 Å². The molecule has 30 atom stereocenters. The number of fused-ring (bicyclic) bond motifs is 7. The number of allylic oxidation sites excluding steroid dienone is 2. The highest BCUT2D eigenvalue weighted by Gasteiger charge is 2.69. The van der Waals surface area contributed by atoms with Gasteiger partial charge in [-0.05, 0) is 113 Å². The van der Waals surface area contributed by atoms with E-state index >= 15 is 0 Å². The standard InChI is InChI=1S/C52H84O22/c1-21(20-66-46-39(61)38(60)35(57)30(18-53)71-46)8-11-32-52(6,65-7)45-29(70-32)17-28-26-10-9-24-16-25(12-14-50(24,4)27(26)13-15-51(28,45)5)69-49-44(74-48-41(63)37(59)34(56)23(3)68-48)42(64)43(31(19-54)72-49)73-47-40(62)36(58)33(55)22(2)67-47/h9,11,21-23,25-31,33-49,53-64H,8,10,12-20H2,1-7H3/b32-11-/t21-,22-,23-,25-,26+,27-,28-,29-,30+,31+,33-,34-,35+,36+,37+,38-,39+,40+,41+,42-,43+,44+,45-,46+,47-,48-,49+,50-,51-,52+/m0/s1. The molecule has 8 fully saturated rings. The Bertz CT molecular complexity index is 1980. The fourth-order valence-electron chi connectivity index (χ4n) is 14.8. The molecule has 424 valence electrons. The first-order valence-electron chi connectivity index (χ1n) is 26.8. The minimum atomic E-state index is -1.75. The van der Waals surface area contributed by atoms with Crippen LogP contribution in [0.5, 0.6) is 0 Å². The first-order valence-corrected chi connectivity index (χ1v) is 26.8. The summed E-state index contributed by atoms with van der Waals surface area (Å²) in [4.78, 5) is 0. The summed E-state index contributed by atoms with van der Waals surface area (Å²) in [5.74, 6) is 2.02. The van der Waals surface area contributed by atoms with Gasteiger partial charge in [0.2, 0.25) is 0 Å². The van der Waals surface area contributed by atoms with Gasteiger partial charge in [0.1, 0.15) is 103 Å². The van der Waals surface area contributed by atoms with E-state index in [1.807, 2.05) is 6.92 Å². The summed E-state index contributed by atoms with van der Waals surface area (Å²) >= 11 is 0. The van der Waals surface area contributed by atoms with Crippen LogP contribution in [0.15, 0.2) is 23.5 Å². The Morgan fingerprint density at radius 2 is 1.26 bits per heavy atom. The van der Waals surface area contributed by atoms with E-state index in [2.05, 4.69) is 32.9 Å². The van der Waals surface area contributed by atoms with Gasteiger partial charge in [-0.25, -0.2) is 0 Å². The van der Waals surface area contributed by atoms with Gasteiger partial charge < -0.3 is 109 Å². The van der Waals surface area contributed by atoms with E-state index in [1.165, 1.54) is 19.4 Å². The number of aliphatic hydroxyl groups excluding tert-OH is 12. The Hall–Kier alpha value is -1.56. The van der Waals surface area contributed by atoms with Crippen molar-refractivity contribution in [2.45, 2.75) is 234 Å². The van der Waals surface area contributed by atoms with Gasteiger partial charge in [-0.2, -0.15) is 0 Å². The molecule has 0 amide bonds. The molecule has 0 bridgehead atoms. The highest BCUT2D eigenvalue weighted by atomic mass is 16.8. The highest BCUT2D eigenvalue weighted by molar-refractivity contribution is 5.30. The van der Waals surface area contributed by atoms with Crippen molar-refractivity contribution in [3.63, 3.8) is 0 Å². The Morgan fingerprint density at radius 3 is 1.88 bits per heavy atom. The normalized spacial score (nSPS) is 54.4. The molecule has 0 radical (unpaired) electrons. The molecule has 0 unspecified atom stereocenters. The smallest absolute Gasteiger partial charge is 0.187 e. The summed E-state index contributed by atoms with van der Waals surface area (Å²) in [6.45, 7) is 10.8. The summed E-state index contributed by atoms with van der Waals surface area (Å²) in [5, 5.41) is 127. The van der Waals surface area contributed by atoms with Crippen LogP contribution in [-0.4, -0.2) is 229 Å². The average Bonchev–Trinajstić information content (AvgIpc) is 3.85. The molecule has 5 heterocycles. The summed E-state index contributed by atoms with van der Waals surface area (Å²) < 4.78 is 61.4. The fourth-order valence-corrected chi connectivity index (χ4v) is 14.8. The van der Waals surface area contributed by atoms with E-state index in [1.54, 1.807) is 7.11 Å². The second-order valence-corrected chi connectivity index (χ2v) is 23.7. The van der Waals surface area contributed by atoms with Gasteiger partial charge in [-0.15, -0.1) is 0 Å². The van der Waals surface area contributed by atoms with Crippen molar-refractivity contribution >= 4 is 0 Å².